The summed E-state index contributed by atoms with van der Waals surface area (Å²) in [5.74, 6) is -1.08. The molecule has 8 heteroatoms. The summed E-state index contributed by atoms with van der Waals surface area (Å²) in [6.07, 6.45) is 0.656. The van der Waals surface area contributed by atoms with Crippen molar-refractivity contribution in [2.24, 2.45) is 0 Å². The van der Waals surface area contributed by atoms with Crippen LogP contribution in [-0.4, -0.2) is 21.3 Å². The Hall–Kier alpha value is -2.21. The van der Waals surface area contributed by atoms with Gasteiger partial charge in [-0.25, -0.2) is 0 Å². The lowest BCUT2D eigenvalue weighted by Gasteiger charge is -2.38. The molecule has 1 unspecified atom stereocenters. The molecule has 7 nitrogen and oxygen atoms in total. The summed E-state index contributed by atoms with van der Waals surface area (Å²) in [5.41, 5.74) is 2.02. The van der Waals surface area contributed by atoms with Crippen LogP contribution in [0.3, 0.4) is 0 Å². The highest BCUT2D eigenvalue weighted by atomic mass is 31.2. The number of benzene rings is 2. The number of hydrogen-bond donors (Lipinski definition) is 2. The van der Waals surface area contributed by atoms with E-state index >= 15 is 0 Å². The lowest BCUT2D eigenvalue weighted by Crippen LogP contribution is -2.35. The van der Waals surface area contributed by atoms with Gasteiger partial charge in [-0.3, -0.25) is 14.7 Å². The Morgan fingerprint density at radius 2 is 1.78 bits per heavy atom. The van der Waals surface area contributed by atoms with Gasteiger partial charge in [0.25, 0.3) is 5.69 Å². The zero-order chi connectivity index (χ0) is 16.6. The number of non-ortho nitro benzene ring substituents is 1. The quantitative estimate of drug-likeness (QED) is 0.508. The number of rotatable bonds is 3. The van der Waals surface area contributed by atoms with Crippen LogP contribution in [0, 0.1) is 10.1 Å². The van der Waals surface area contributed by atoms with Gasteiger partial charge in [0.2, 0.25) is 0 Å². The van der Waals surface area contributed by atoms with Gasteiger partial charge in [0.15, 0.2) is 5.78 Å². The van der Waals surface area contributed by atoms with Crippen molar-refractivity contribution < 1.29 is 19.3 Å². The standard InChI is InChI=1S/C15H15N2O5P/c18-17(19)13-7-5-12(6-8-13)16-10-9-11-3-1-2-4-14(11)15(16)23(20,21)22/h1-8,15H,9-10H2,(H2,20,21,22). The SMILES string of the molecule is O=[N+]([O-])c1ccc(N2CCc3ccccc3C2P(=O)(O)O)cc1. The van der Waals surface area contributed by atoms with Crippen molar-refractivity contribution in [3.63, 3.8) is 0 Å². The molecule has 0 saturated carbocycles. The van der Waals surface area contributed by atoms with Gasteiger partial charge in [-0.1, -0.05) is 24.3 Å². The van der Waals surface area contributed by atoms with Gasteiger partial charge >= 0.3 is 7.60 Å². The molecule has 0 bridgehead atoms. The van der Waals surface area contributed by atoms with E-state index in [2.05, 4.69) is 0 Å². The van der Waals surface area contributed by atoms with Gasteiger partial charge in [0.05, 0.1) is 4.92 Å². The number of fused-ring (bicyclic) bond motifs is 1. The van der Waals surface area contributed by atoms with Crippen molar-refractivity contribution in [1.82, 2.24) is 0 Å². The van der Waals surface area contributed by atoms with E-state index in [9.17, 15) is 24.5 Å². The molecule has 2 N–H and O–H groups in total. The fraction of sp³-hybridized carbons (Fsp3) is 0.200. The normalized spacial score (nSPS) is 17.7. The smallest absolute Gasteiger partial charge is 0.352 e. The Morgan fingerprint density at radius 1 is 1.13 bits per heavy atom. The van der Waals surface area contributed by atoms with E-state index in [1.165, 1.54) is 24.3 Å². The maximum atomic E-state index is 12.1. The van der Waals surface area contributed by atoms with Crippen LogP contribution in [0.15, 0.2) is 48.5 Å². The maximum absolute atomic E-state index is 12.1. The second-order valence-electron chi connectivity index (χ2n) is 5.38. The average molecular weight is 334 g/mol. The minimum Gasteiger partial charge on any atom is -0.353 e. The van der Waals surface area contributed by atoms with Crippen molar-refractivity contribution in [2.75, 3.05) is 11.4 Å². The highest BCUT2D eigenvalue weighted by Gasteiger charge is 2.39. The van der Waals surface area contributed by atoms with Gasteiger partial charge in [-0.05, 0) is 29.7 Å². The molecule has 2 aromatic carbocycles. The first-order valence-corrected chi connectivity index (χ1v) is 8.70. The molecule has 0 aromatic heterocycles. The Bertz CT molecular complexity index is 787. The van der Waals surface area contributed by atoms with Crippen LogP contribution in [0.4, 0.5) is 11.4 Å². The second-order valence-corrected chi connectivity index (χ2v) is 7.05. The van der Waals surface area contributed by atoms with Crippen molar-refractivity contribution in [1.29, 1.82) is 0 Å². The minimum absolute atomic E-state index is 0.0566. The number of nitro groups is 1. The number of anilines is 1. The van der Waals surface area contributed by atoms with Crippen LogP contribution in [-0.2, 0) is 11.0 Å². The van der Waals surface area contributed by atoms with Gasteiger partial charge in [-0.15, -0.1) is 0 Å². The first-order valence-electron chi connectivity index (χ1n) is 7.02. The van der Waals surface area contributed by atoms with Crippen molar-refractivity contribution >= 4 is 19.0 Å². The van der Waals surface area contributed by atoms with Crippen LogP contribution < -0.4 is 4.90 Å². The summed E-state index contributed by atoms with van der Waals surface area (Å²) < 4.78 is 12.1. The van der Waals surface area contributed by atoms with E-state index in [1.807, 2.05) is 12.1 Å². The predicted octanol–water partition coefficient (Wildman–Crippen LogP) is 2.83. The Balaban J connectivity index is 2.05. The molecule has 120 valence electrons. The number of nitro benzene ring substituents is 1. The molecule has 0 amide bonds. The first-order chi connectivity index (χ1) is 10.9. The summed E-state index contributed by atoms with van der Waals surface area (Å²) >= 11 is 0. The third kappa shape index (κ3) is 2.99. The Labute approximate surface area is 132 Å². The molecule has 1 heterocycles. The molecule has 0 saturated heterocycles. The van der Waals surface area contributed by atoms with E-state index < -0.39 is 18.3 Å². The molecule has 0 spiro atoms. The summed E-state index contributed by atoms with van der Waals surface area (Å²) in [6, 6.07) is 12.9. The van der Waals surface area contributed by atoms with Crippen molar-refractivity contribution in [3.05, 3.63) is 69.8 Å². The molecular formula is C15H15N2O5P. The number of hydrogen-bond acceptors (Lipinski definition) is 4. The molecule has 2 aromatic rings. The molecule has 1 aliphatic rings. The van der Waals surface area contributed by atoms with Gasteiger partial charge in [0, 0.05) is 24.4 Å². The molecular weight excluding hydrogens is 319 g/mol. The largest absolute Gasteiger partial charge is 0.353 e. The Morgan fingerprint density at radius 3 is 2.39 bits per heavy atom. The average Bonchev–Trinajstić information content (AvgIpc) is 2.53. The van der Waals surface area contributed by atoms with E-state index in [0.29, 0.717) is 24.2 Å². The monoisotopic (exact) mass is 334 g/mol. The molecule has 23 heavy (non-hydrogen) atoms. The van der Waals surface area contributed by atoms with Crippen LogP contribution in [0.2, 0.25) is 0 Å². The predicted molar refractivity (Wildman–Crippen MR) is 85.4 cm³/mol. The van der Waals surface area contributed by atoms with Crippen molar-refractivity contribution in [2.45, 2.75) is 12.2 Å². The highest BCUT2D eigenvalue weighted by molar-refractivity contribution is 7.52. The highest BCUT2D eigenvalue weighted by Crippen LogP contribution is 2.56. The fourth-order valence-corrected chi connectivity index (χ4v) is 4.17. The number of nitrogens with zero attached hydrogens (tertiary/aromatic N) is 2. The Kier molecular flexibility index (Phi) is 3.93. The molecule has 3 rings (SSSR count). The maximum Gasteiger partial charge on any atom is 0.352 e. The van der Waals surface area contributed by atoms with Gasteiger partial charge < -0.3 is 14.7 Å². The van der Waals surface area contributed by atoms with E-state index in [0.717, 1.165) is 5.56 Å². The molecule has 0 fully saturated rings. The lowest BCUT2D eigenvalue weighted by molar-refractivity contribution is -0.384. The molecule has 1 atom stereocenters. The molecule has 0 radical (unpaired) electrons. The van der Waals surface area contributed by atoms with Crippen molar-refractivity contribution in [3.8, 4) is 0 Å². The molecule has 1 aliphatic heterocycles. The second kappa shape index (κ2) is 5.77. The minimum atomic E-state index is -4.43. The van der Waals surface area contributed by atoms with Crippen LogP contribution in [0.1, 0.15) is 16.9 Å². The van der Waals surface area contributed by atoms with Gasteiger partial charge in [0.1, 0.15) is 0 Å². The van der Waals surface area contributed by atoms with E-state index in [4.69, 9.17) is 0 Å². The summed E-state index contributed by atoms with van der Waals surface area (Å²) in [5, 5.41) is 10.7. The summed E-state index contributed by atoms with van der Waals surface area (Å²) in [6.45, 7) is 0.435. The van der Waals surface area contributed by atoms with Crippen LogP contribution in [0.25, 0.3) is 0 Å². The third-order valence-electron chi connectivity index (χ3n) is 3.96. The zero-order valence-electron chi connectivity index (χ0n) is 12.1. The first kappa shape index (κ1) is 15.7. The van der Waals surface area contributed by atoms with Gasteiger partial charge in [-0.2, -0.15) is 0 Å². The summed E-state index contributed by atoms with van der Waals surface area (Å²) in [4.78, 5) is 31.5. The van der Waals surface area contributed by atoms with Crippen LogP contribution in [0.5, 0.6) is 0 Å². The topological polar surface area (TPSA) is 104 Å². The summed E-state index contributed by atoms with van der Waals surface area (Å²) in [7, 11) is -4.43. The lowest BCUT2D eigenvalue weighted by atomic mass is 9.99. The zero-order valence-corrected chi connectivity index (χ0v) is 13.0. The fourth-order valence-electron chi connectivity index (χ4n) is 2.94. The molecule has 0 aliphatic carbocycles. The van der Waals surface area contributed by atoms with E-state index in [-0.39, 0.29) is 5.69 Å². The van der Waals surface area contributed by atoms with Crippen LogP contribution >= 0.6 is 7.60 Å². The third-order valence-corrected chi connectivity index (χ3v) is 5.16. The van der Waals surface area contributed by atoms with E-state index in [1.54, 1.807) is 17.0 Å².